The van der Waals surface area contributed by atoms with Crippen molar-refractivity contribution in [3.63, 3.8) is 0 Å². The number of methoxy groups -OCH3 is 4. The third kappa shape index (κ3) is 4.15. The zero-order chi connectivity index (χ0) is 24.2. The molecule has 2 aromatic heterocycles. The van der Waals surface area contributed by atoms with E-state index >= 15 is 0 Å². The van der Waals surface area contributed by atoms with Crippen LogP contribution in [0.25, 0.3) is 22.6 Å². The topological polar surface area (TPSA) is 110 Å². The van der Waals surface area contributed by atoms with E-state index in [1.165, 1.54) is 25.9 Å². The first-order valence-corrected chi connectivity index (χ1v) is 10.6. The molecule has 0 bridgehead atoms. The zero-order valence-corrected chi connectivity index (χ0v) is 19.5. The summed E-state index contributed by atoms with van der Waals surface area (Å²) in [4.78, 5) is 32.9. The third-order valence-corrected chi connectivity index (χ3v) is 5.51. The highest BCUT2D eigenvalue weighted by Crippen LogP contribution is 2.41. The van der Waals surface area contributed by atoms with Crippen LogP contribution in [0.4, 0.5) is 0 Å². The quantitative estimate of drug-likeness (QED) is 0.403. The molecule has 0 radical (unpaired) electrons. The van der Waals surface area contributed by atoms with Gasteiger partial charge in [0.15, 0.2) is 22.7 Å². The molecule has 4 rings (SSSR count). The normalized spacial score (nSPS) is 11.1. The third-order valence-electron chi connectivity index (χ3n) is 5.51. The maximum Gasteiger partial charge on any atom is 0.330 e. The van der Waals surface area contributed by atoms with Gasteiger partial charge in [-0.05, 0) is 17.7 Å². The van der Waals surface area contributed by atoms with Gasteiger partial charge in [-0.15, -0.1) is 0 Å². The van der Waals surface area contributed by atoms with Crippen LogP contribution in [0.1, 0.15) is 5.56 Å². The summed E-state index contributed by atoms with van der Waals surface area (Å²) < 4.78 is 24.9. The summed E-state index contributed by atoms with van der Waals surface area (Å²) in [5, 5.41) is 0. The average molecular weight is 466 g/mol. The van der Waals surface area contributed by atoms with E-state index in [0.717, 1.165) is 5.56 Å². The minimum absolute atomic E-state index is 0.253. The van der Waals surface area contributed by atoms with Gasteiger partial charge < -0.3 is 23.5 Å². The summed E-state index contributed by atoms with van der Waals surface area (Å²) in [6.07, 6.45) is 0. The number of hydrogen-bond donors (Lipinski definition) is 1. The summed E-state index contributed by atoms with van der Waals surface area (Å²) in [5.74, 6) is 1.78. The maximum absolute atomic E-state index is 12.9. The number of benzene rings is 2. The second kappa shape index (κ2) is 9.84. The number of imidazole rings is 1. The van der Waals surface area contributed by atoms with E-state index in [1.54, 1.807) is 23.8 Å². The van der Waals surface area contributed by atoms with Crippen molar-refractivity contribution in [2.75, 3.05) is 35.0 Å². The lowest BCUT2D eigenvalue weighted by Gasteiger charge is -2.15. The molecule has 0 fully saturated rings. The molecule has 0 aliphatic heterocycles. The van der Waals surface area contributed by atoms with Crippen LogP contribution in [0.5, 0.6) is 17.2 Å². The van der Waals surface area contributed by atoms with E-state index in [4.69, 9.17) is 23.9 Å². The Balaban J connectivity index is 2.01. The SMILES string of the molecule is COCCn1c(-c2cc(OC)c(OC)c(OC)c2)nc2c1c(=O)[nH]c(=O)n2Cc1ccccc1. The van der Waals surface area contributed by atoms with E-state index in [2.05, 4.69) is 4.98 Å². The predicted molar refractivity (Wildman–Crippen MR) is 127 cm³/mol. The maximum atomic E-state index is 12.9. The molecule has 2 heterocycles. The lowest BCUT2D eigenvalue weighted by molar-refractivity contribution is 0.188. The minimum Gasteiger partial charge on any atom is -0.493 e. The van der Waals surface area contributed by atoms with Crippen LogP contribution in [0.15, 0.2) is 52.1 Å². The number of nitrogens with zero attached hydrogens (tertiary/aromatic N) is 3. The number of hydrogen-bond acceptors (Lipinski definition) is 7. The van der Waals surface area contributed by atoms with Gasteiger partial charge in [-0.25, -0.2) is 9.78 Å². The molecule has 34 heavy (non-hydrogen) atoms. The second-order valence-corrected chi connectivity index (χ2v) is 7.50. The molecule has 0 spiro atoms. The summed E-state index contributed by atoms with van der Waals surface area (Å²) in [6, 6.07) is 13.0. The van der Waals surface area contributed by atoms with E-state index in [-0.39, 0.29) is 17.7 Å². The highest BCUT2D eigenvalue weighted by atomic mass is 16.5. The first kappa shape index (κ1) is 23.1. The van der Waals surface area contributed by atoms with Gasteiger partial charge in [0.1, 0.15) is 5.82 Å². The standard InChI is InChI=1S/C24H26N4O6/c1-31-11-10-27-19-22(28(24(30)26-23(19)29)14-15-8-6-5-7-9-15)25-21(27)16-12-17(32-2)20(34-4)18(13-16)33-3/h5-9,12-13H,10-11,14H2,1-4H3,(H,26,29,30). The second-order valence-electron chi connectivity index (χ2n) is 7.50. The van der Waals surface area contributed by atoms with Crippen LogP contribution in [-0.4, -0.2) is 54.1 Å². The van der Waals surface area contributed by atoms with Gasteiger partial charge in [0.25, 0.3) is 5.56 Å². The van der Waals surface area contributed by atoms with Crippen LogP contribution < -0.4 is 25.5 Å². The Morgan fingerprint density at radius 2 is 1.59 bits per heavy atom. The van der Waals surface area contributed by atoms with Crippen molar-refractivity contribution in [3.8, 4) is 28.6 Å². The first-order chi connectivity index (χ1) is 16.5. The fourth-order valence-corrected chi connectivity index (χ4v) is 3.92. The first-order valence-electron chi connectivity index (χ1n) is 10.6. The highest BCUT2D eigenvalue weighted by Gasteiger charge is 2.22. The van der Waals surface area contributed by atoms with Gasteiger partial charge in [-0.3, -0.25) is 14.3 Å². The van der Waals surface area contributed by atoms with E-state index in [9.17, 15) is 9.59 Å². The fourth-order valence-electron chi connectivity index (χ4n) is 3.92. The van der Waals surface area contributed by atoms with Crippen molar-refractivity contribution in [2.45, 2.75) is 13.1 Å². The molecule has 10 nitrogen and oxygen atoms in total. The molecule has 10 heteroatoms. The Labute approximate surface area is 195 Å². The van der Waals surface area contributed by atoms with Crippen molar-refractivity contribution < 1.29 is 18.9 Å². The number of aromatic amines is 1. The van der Waals surface area contributed by atoms with Crippen LogP contribution in [0, 0.1) is 0 Å². The van der Waals surface area contributed by atoms with Crippen molar-refractivity contribution in [1.82, 2.24) is 19.1 Å². The number of rotatable bonds is 9. The minimum atomic E-state index is -0.533. The zero-order valence-electron chi connectivity index (χ0n) is 19.5. The van der Waals surface area contributed by atoms with Crippen molar-refractivity contribution >= 4 is 11.2 Å². The van der Waals surface area contributed by atoms with Gasteiger partial charge in [0.2, 0.25) is 5.75 Å². The highest BCUT2D eigenvalue weighted by molar-refractivity contribution is 5.78. The molecule has 0 saturated heterocycles. The monoisotopic (exact) mass is 466 g/mol. The molecule has 178 valence electrons. The van der Waals surface area contributed by atoms with Crippen LogP contribution in [-0.2, 0) is 17.8 Å². The van der Waals surface area contributed by atoms with E-state index in [0.29, 0.717) is 41.8 Å². The van der Waals surface area contributed by atoms with Gasteiger partial charge in [0, 0.05) is 19.2 Å². The van der Waals surface area contributed by atoms with Gasteiger partial charge in [0.05, 0.1) is 34.5 Å². The van der Waals surface area contributed by atoms with Crippen LogP contribution in [0.2, 0.25) is 0 Å². The molecule has 1 N–H and O–H groups in total. The Bertz CT molecular complexity index is 1400. The van der Waals surface area contributed by atoms with E-state index < -0.39 is 11.2 Å². The van der Waals surface area contributed by atoms with Gasteiger partial charge in [-0.2, -0.15) is 0 Å². The lowest BCUT2D eigenvalue weighted by Crippen LogP contribution is -2.31. The largest absolute Gasteiger partial charge is 0.493 e. The number of fused-ring (bicyclic) bond motifs is 1. The van der Waals surface area contributed by atoms with Crippen molar-refractivity contribution in [2.24, 2.45) is 0 Å². The number of H-pyrrole nitrogens is 1. The fraction of sp³-hybridized carbons (Fsp3) is 0.292. The summed E-state index contributed by atoms with van der Waals surface area (Å²) >= 11 is 0. The van der Waals surface area contributed by atoms with E-state index in [1.807, 2.05) is 30.3 Å². The summed E-state index contributed by atoms with van der Waals surface area (Å²) in [5.41, 5.74) is 1.02. The number of aromatic nitrogens is 4. The Hall–Kier alpha value is -4.05. The molecule has 0 aliphatic carbocycles. The molecule has 4 aromatic rings. The smallest absolute Gasteiger partial charge is 0.330 e. The van der Waals surface area contributed by atoms with Crippen molar-refractivity contribution in [3.05, 3.63) is 68.9 Å². The number of ether oxygens (including phenoxy) is 4. The lowest BCUT2D eigenvalue weighted by atomic mass is 10.1. The molecule has 2 aromatic carbocycles. The molecule has 0 saturated carbocycles. The van der Waals surface area contributed by atoms with Gasteiger partial charge in [-0.1, -0.05) is 30.3 Å². The van der Waals surface area contributed by atoms with Crippen molar-refractivity contribution in [1.29, 1.82) is 0 Å². The molecule has 0 aliphatic rings. The Morgan fingerprint density at radius 3 is 2.18 bits per heavy atom. The average Bonchev–Trinajstić information content (AvgIpc) is 3.24. The summed E-state index contributed by atoms with van der Waals surface area (Å²) in [7, 11) is 6.15. The van der Waals surface area contributed by atoms with Gasteiger partial charge >= 0.3 is 5.69 Å². The molecule has 0 amide bonds. The summed E-state index contributed by atoms with van der Waals surface area (Å²) in [6.45, 7) is 0.925. The molecule has 0 atom stereocenters. The Kier molecular flexibility index (Phi) is 6.69. The molecular formula is C24H26N4O6. The molecule has 0 unspecified atom stereocenters. The number of nitrogens with one attached hydrogen (secondary N) is 1. The Morgan fingerprint density at radius 1 is 0.912 bits per heavy atom. The van der Waals surface area contributed by atoms with Crippen LogP contribution in [0.3, 0.4) is 0 Å². The predicted octanol–water partition coefficient (Wildman–Crippen LogP) is 2.27. The van der Waals surface area contributed by atoms with Crippen LogP contribution >= 0.6 is 0 Å². The molecular weight excluding hydrogens is 440 g/mol.